The number of hydrogen-bond donors (Lipinski definition) is 1. The van der Waals surface area contributed by atoms with E-state index in [2.05, 4.69) is 10.3 Å². The van der Waals surface area contributed by atoms with Crippen LogP contribution in [-0.2, 0) is 9.53 Å². The van der Waals surface area contributed by atoms with Gasteiger partial charge in [-0.15, -0.1) is 11.3 Å². The predicted molar refractivity (Wildman–Crippen MR) is 106 cm³/mol. The largest absolute Gasteiger partial charge is 0.462 e. The van der Waals surface area contributed by atoms with E-state index in [1.807, 2.05) is 31.2 Å². The number of hydrogen-bond acceptors (Lipinski definition) is 6. The average Bonchev–Trinajstić information content (AvgIpc) is 3.08. The maximum Gasteiger partial charge on any atom is 0.338 e. The molecule has 0 aliphatic heterocycles. The maximum absolute atomic E-state index is 12.1. The van der Waals surface area contributed by atoms with E-state index in [1.54, 1.807) is 35.6 Å². The molecule has 0 saturated heterocycles. The van der Waals surface area contributed by atoms with Crippen molar-refractivity contribution in [2.45, 2.75) is 17.7 Å². The second-order valence-electron chi connectivity index (χ2n) is 5.50. The third-order valence-electron chi connectivity index (χ3n) is 3.44. The van der Waals surface area contributed by atoms with Gasteiger partial charge in [-0.1, -0.05) is 30.8 Å². The Labute approximate surface area is 159 Å². The first-order chi connectivity index (χ1) is 12.7. The molecule has 0 spiro atoms. The lowest BCUT2D eigenvalue weighted by Crippen LogP contribution is -2.14. The Kier molecular flexibility index (Phi) is 6.25. The highest BCUT2D eigenvalue weighted by Gasteiger charge is 2.09. The highest BCUT2D eigenvalue weighted by atomic mass is 32.2. The Hall–Kier alpha value is -2.38. The normalized spacial score (nSPS) is 10.7. The fourth-order valence-electron chi connectivity index (χ4n) is 2.20. The molecule has 3 aromatic rings. The highest BCUT2D eigenvalue weighted by Crippen LogP contribution is 2.29. The molecule has 26 heavy (non-hydrogen) atoms. The fourth-order valence-corrected chi connectivity index (χ4v) is 4.07. The van der Waals surface area contributed by atoms with Crippen molar-refractivity contribution in [3.8, 4) is 0 Å². The summed E-state index contributed by atoms with van der Waals surface area (Å²) in [7, 11) is 0. The standard InChI is InChI=1S/C19H18N2O3S2/c1-2-11-24-18(23)13-7-9-14(10-8-13)20-17(22)12-25-19-21-15-5-3-4-6-16(15)26-19/h3-10H,2,11-12H2,1H3,(H,20,22). The topological polar surface area (TPSA) is 68.3 Å². The van der Waals surface area contributed by atoms with Crippen LogP contribution in [0.3, 0.4) is 0 Å². The van der Waals surface area contributed by atoms with Crippen LogP contribution in [0.15, 0.2) is 52.9 Å². The third-order valence-corrected chi connectivity index (χ3v) is 5.62. The molecule has 0 saturated carbocycles. The summed E-state index contributed by atoms with van der Waals surface area (Å²) in [5.41, 5.74) is 2.07. The number of fused-ring (bicyclic) bond motifs is 1. The molecule has 3 rings (SSSR count). The highest BCUT2D eigenvalue weighted by molar-refractivity contribution is 8.01. The van der Waals surface area contributed by atoms with Gasteiger partial charge in [0.25, 0.3) is 0 Å². The Morgan fingerprint density at radius 1 is 1.15 bits per heavy atom. The lowest BCUT2D eigenvalue weighted by molar-refractivity contribution is -0.113. The van der Waals surface area contributed by atoms with Crippen LogP contribution in [0, 0.1) is 0 Å². The van der Waals surface area contributed by atoms with Crippen molar-refractivity contribution in [2.24, 2.45) is 0 Å². The predicted octanol–water partition coefficient (Wildman–Crippen LogP) is 4.59. The molecule has 0 aliphatic carbocycles. The van der Waals surface area contributed by atoms with Crippen molar-refractivity contribution < 1.29 is 14.3 Å². The van der Waals surface area contributed by atoms with Crippen LogP contribution >= 0.6 is 23.1 Å². The van der Waals surface area contributed by atoms with Crippen molar-refractivity contribution in [1.82, 2.24) is 4.98 Å². The quantitative estimate of drug-likeness (QED) is 0.475. The zero-order chi connectivity index (χ0) is 18.4. The van der Waals surface area contributed by atoms with E-state index in [-0.39, 0.29) is 17.6 Å². The van der Waals surface area contributed by atoms with Gasteiger partial charge in [-0.05, 0) is 42.8 Å². The molecule has 1 N–H and O–H groups in total. The summed E-state index contributed by atoms with van der Waals surface area (Å²) in [6, 6.07) is 14.6. The first-order valence-electron chi connectivity index (χ1n) is 8.21. The number of carbonyl (C=O) groups excluding carboxylic acids is 2. The van der Waals surface area contributed by atoms with E-state index in [9.17, 15) is 9.59 Å². The molecular formula is C19H18N2O3S2. The van der Waals surface area contributed by atoms with Gasteiger partial charge in [0.05, 0.1) is 28.1 Å². The molecule has 5 nitrogen and oxygen atoms in total. The molecule has 0 atom stereocenters. The summed E-state index contributed by atoms with van der Waals surface area (Å²) < 4.78 is 7.06. The molecule has 0 aliphatic rings. The summed E-state index contributed by atoms with van der Waals surface area (Å²) >= 11 is 2.99. The number of aromatic nitrogens is 1. The van der Waals surface area contributed by atoms with Crippen LogP contribution in [0.1, 0.15) is 23.7 Å². The maximum atomic E-state index is 12.1. The van der Waals surface area contributed by atoms with Crippen molar-refractivity contribution in [1.29, 1.82) is 0 Å². The Morgan fingerprint density at radius 2 is 1.92 bits per heavy atom. The van der Waals surface area contributed by atoms with Crippen LogP contribution in [-0.4, -0.2) is 29.2 Å². The molecule has 0 radical (unpaired) electrons. The number of benzene rings is 2. The molecule has 1 aromatic heterocycles. The fraction of sp³-hybridized carbons (Fsp3) is 0.211. The molecule has 1 amide bonds. The number of nitrogens with zero attached hydrogens (tertiary/aromatic N) is 1. The van der Waals surface area contributed by atoms with E-state index < -0.39 is 0 Å². The second kappa shape index (κ2) is 8.82. The number of nitrogens with one attached hydrogen (secondary N) is 1. The molecule has 1 heterocycles. The average molecular weight is 386 g/mol. The number of amides is 1. The van der Waals surface area contributed by atoms with E-state index in [4.69, 9.17) is 4.74 Å². The molecule has 0 unspecified atom stereocenters. The smallest absolute Gasteiger partial charge is 0.338 e. The number of para-hydroxylation sites is 1. The van der Waals surface area contributed by atoms with Crippen LogP contribution in [0.2, 0.25) is 0 Å². The van der Waals surface area contributed by atoms with Crippen LogP contribution in [0.5, 0.6) is 0 Å². The van der Waals surface area contributed by atoms with Crippen molar-refractivity contribution in [2.75, 3.05) is 17.7 Å². The van der Waals surface area contributed by atoms with Crippen LogP contribution in [0.4, 0.5) is 5.69 Å². The van der Waals surface area contributed by atoms with Gasteiger partial charge in [0.1, 0.15) is 0 Å². The van der Waals surface area contributed by atoms with E-state index in [1.165, 1.54) is 11.8 Å². The number of thioether (sulfide) groups is 1. The molecular weight excluding hydrogens is 368 g/mol. The van der Waals surface area contributed by atoms with Crippen LogP contribution < -0.4 is 5.32 Å². The van der Waals surface area contributed by atoms with E-state index >= 15 is 0 Å². The van der Waals surface area contributed by atoms with Gasteiger partial charge in [0.2, 0.25) is 5.91 Å². The van der Waals surface area contributed by atoms with Crippen molar-refractivity contribution in [3.63, 3.8) is 0 Å². The van der Waals surface area contributed by atoms with Crippen molar-refractivity contribution in [3.05, 3.63) is 54.1 Å². The zero-order valence-corrected chi connectivity index (χ0v) is 15.9. The SMILES string of the molecule is CCCOC(=O)c1ccc(NC(=O)CSc2nc3ccccc3s2)cc1. The number of thiazole rings is 1. The first kappa shape index (κ1) is 18.4. The number of rotatable bonds is 7. The van der Waals surface area contributed by atoms with E-state index in [0.717, 1.165) is 21.0 Å². The van der Waals surface area contributed by atoms with Gasteiger partial charge in [-0.2, -0.15) is 0 Å². The second-order valence-corrected chi connectivity index (χ2v) is 7.75. The number of esters is 1. The molecule has 134 valence electrons. The van der Waals surface area contributed by atoms with E-state index in [0.29, 0.717) is 17.9 Å². The van der Waals surface area contributed by atoms with Gasteiger partial charge < -0.3 is 10.1 Å². The van der Waals surface area contributed by atoms with Gasteiger partial charge >= 0.3 is 5.97 Å². The minimum Gasteiger partial charge on any atom is -0.462 e. The lowest BCUT2D eigenvalue weighted by Gasteiger charge is -2.06. The Morgan fingerprint density at radius 3 is 2.65 bits per heavy atom. The Balaban J connectivity index is 1.52. The summed E-state index contributed by atoms with van der Waals surface area (Å²) in [5, 5.41) is 2.82. The summed E-state index contributed by atoms with van der Waals surface area (Å²) in [4.78, 5) is 28.4. The molecule has 7 heteroatoms. The summed E-state index contributed by atoms with van der Waals surface area (Å²) in [6.45, 7) is 2.35. The number of ether oxygens (including phenoxy) is 1. The third kappa shape index (κ3) is 4.83. The number of anilines is 1. The zero-order valence-electron chi connectivity index (χ0n) is 14.2. The van der Waals surface area contributed by atoms with Gasteiger partial charge in [0, 0.05) is 5.69 Å². The van der Waals surface area contributed by atoms with Gasteiger partial charge in [0.15, 0.2) is 4.34 Å². The summed E-state index contributed by atoms with van der Waals surface area (Å²) in [5.74, 6) is -0.188. The number of carbonyl (C=O) groups is 2. The van der Waals surface area contributed by atoms with Crippen molar-refractivity contribution >= 4 is 50.9 Å². The molecule has 0 bridgehead atoms. The molecule has 2 aromatic carbocycles. The molecule has 0 fully saturated rings. The minimum atomic E-state index is -0.351. The lowest BCUT2D eigenvalue weighted by atomic mass is 10.2. The van der Waals surface area contributed by atoms with Crippen LogP contribution in [0.25, 0.3) is 10.2 Å². The Bertz CT molecular complexity index is 874. The minimum absolute atomic E-state index is 0.115. The summed E-state index contributed by atoms with van der Waals surface area (Å²) in [6.07, 6.45) is 0.784. The van der Waals surface area contributed by atoms with Gasteiger partial charge in [-0.25, -0.2) is 9.78 Å². The monoisotopic (exact) mass is 386 g/mol. The first-order valence-corrected chi connectivity index (χ1v) is 10.0. The van der Waals surface area contributed by atoms with Gasteiger partial charge in [-0.3, -0.25) is 4.79 Å².